The molecule has 2 rings (SSSR count). The first kappa shape index (κ1) is 11.7. The predicted molar refractivity (Wildman–Crippen MR) is 67.0 cm³/mol. The first-order chi connectivity index (χ1) is 7.88. The molecule has 4 heteroatoms. The van der Waals surface area contributed by atoms with E-state index in [0.717, 1.165) is 18.4 Å². The fourth-order valence-corrected chi connectivity index (χ4v) is 2.54. The summed E-state index contributed by atoms with van der Waals surface area (Å²) < 4.78 is 0. The van der Waals surface area contributed by atoms with Gasteiger partial charge in [-0.3, -0.25) is 10.4 Å². The van der Waals surface area contributed by atoms with Crippen molar-refractivity contribution < 1.29 is 0 Å². The monoisotopic (exact) mass is 224 g/mol. The number of nitrogens with two attached hydrogens (primary N) is 1. The van der Waals surface area contributed by atoms with Crippen molar-refractivity contribution in [2.24, 2.45) is 16.8 Å². The van der Waals surface area contributed by atoms with Gasteiger partial charge in [0.15, 0.2) is 0 Å². The van der Waals surface area contributed by atoms with E-state index in [2.05, 4.69) is 15.7 Å². The maximum Gasteiger partial charge on any atom is 0.205 e. The fourth-order valence-electron chi connectivity index (χ4n) is 2.54. The van der Waals surface area contributed by atoms with Crippen LogP contribution in [0.5, 0.6) is 0 Å². The van der Waals surface area contributed by atoms with Gasteiger partial charge in [-0.2, -0.15) is 0 Å². The van der Waals surface area contributed by atoms with E-state index in [0.29, 0.717) is 6.04 Å². The molecule has 0 aromatic carbocycles. The first-order valence-corrected chi connectivity index (χ1v) is 6.66. The molecule has 2 saturated carbocycles. The predicted octanol–water partition coefficient (Wildman–Crippen LogP) is 1.53. The third kappa shape index (κ3) is 3.37. The molecule has 0 atom stereocenters. The van der Waals surface area contributed by atoms with Gasteiger partial charge in [0.1, 0.15) is 0 Å². The van der Waals surface area contributed by atoms with Crippen LogP contribution < -0.4 is 16.6 Å². The Kier molecular flexibility index (Phi) is 4.45. The standard InChI is InChI=1S/C12H24N4/c13-16-12(15-11-6-1-2-7-11)14-9-8-10-4-3-5-10/h10-11H,1-9,13H2,(H2,14,15,16). The zero-order chi connectivity index (χ0) is 11.2. The molecule has 92 valence electrons. The zero-order valence-corrected chi connectivity index (χ0v) is 10.0. The summed E-state index contributed by atoms with van der Waals surface area (Å²) in [5.41, 5.74) is 2.68. The van der Waals surface area contributed by atoms with Gasteiger partial charge in [0.05, 0.1) is 0 Å². The first-order valence-electron chi connectivity index (χ1n) is 6.66. The highest BCUT2D eigenvalue weighted by Gasteiger charge is 2.17. The Bertz CT molecular complexity index is 229. The number of hydrogen-bond donors (Lipinski definition) is 3. The highest BCUT2D eigenvalue weighted by atomic mass is 15.3. The highest BCUT2D eigenvalue weighted by molar-refractivity contribution is 5.79. The van der Waals surface area contributed by atoms with E-state index < -0.39 is 0 Å². The Hall–Kier alpha value is -0.770. The van der Waals surface area contributed by atoms with Crippen LogP contribution in [0.2, 0.25) is 0 Å². The van der Waals surface area contributed by atoms with E-state index in [1.807, 2.05) is 0 Å². The topological polar surface area (TPSA) is 62.4 Å². The molecule has 0 saturated heterocycles. The maximum atomic E-state index is 5.47. The molecule has 0 aliphatic heterocycles. The Morgan fingerprint density at radius 3 is 2.44 bits per heavy atom. The van der Waals surface area contributed by atoms with Gasteiger partial charge in [-0.15, -0.1) is 0 Å². The lowest BCUT2D eigenvalue weighted by molar-refractivity contribution is 0.300. The van der Waals surface area contributed by atoms with Crippen LogP contribution >= 0.6 is 0 Å². The second kappa shape index (κ2) is 6.09. The molecule has 0 aromatic rings. The van der Waals surface area contributed by atoms with Gasteiger partial charge in [0, 0.05) is 12.6 Å². The lowest BCUT2D eigenvalue weighted by atomic mass is 9.83. The van der Waals surface area contributed by atoms with Crippen LogP contribution in [0.1, 0.15) is 51.4 Å². The summed E-state index contributed by atoms with van der Waals surface area (Å²) >= 11 is 0. The van der Waals surface area contributed by atoms with Gasteiger partial charge in [-0.1, -0.05) is 32.1 Å². The van der Waals surface area contributed by atoms with Crippen LogP contribution in [-0.2, 0) is 0 Å². The van der Waals surface area contributed by atoms with Gasteiger partial charge in [0.2, 0.25) is 5.96 Å². The molecule has 0 spiro atoms. The second-order valence-electron chi connectivity index (χ2n) is 5.09. The molecule has 0 unspecified atom stereocenters. The van der Waals surface area contributed by atoms with E-state index in [1.165, 1.54) is 51.4 Å². The minimum absolute atomic E-state index is 0.582. The van der Waals surface area contributed by atoms with Crippen molar-refractivity contribution in [1.29, 1.82) is 0 Å². The van der Waals surface area contributed by atoms with Crippen molar-refractivity contribution in [3.8, 4) is 0 Å². The van der Waals surface area contributed by atoms with E-state index in [9.17, 15) is 0 Å². The third-order valence-corrected chi connectivity index (χ3v) is 3.86. The molecular weight excluding hydrogens is 200 g/mol. The van der Waals surface area contributed by atoms with Crippen LogP contribution in [0.4, 0.5) is 0 Å². The van der Waals surface area contributed by atoms with Crippen LogP contribution in [0, 0.1) is 5.92 Å². The smallest absolute Gasteiger partial charge is 0.205 e. The van der Waals surface area contributed by atoms with Crippen molar-refractivity contribution in [2.45, 2.75) is 57.4 Å². The molecule has 16 heavy (non-hydrogen) atoms. The minimum atomic E-state index is 0.582. The molecule has 4 N–H and O–H groups in total. The largest absolute Gasteiger partial charge is 0.353 e. The molecule has 4 nitrogen and oxygen atoms in total. The molecule has 2 aliphatic rings. The van der Waals surface area contributed by atoms with Crippen molar-refractivity contribution in [3.63, 3.8) is 0 Å². The molecule has 0 amide bonds. The van der Waals surface area contributed by atoms with E-state index in [-0.39, 0.29) is 0 Å². The van der Waals surface area contributed by atoms with Crippen molar-refractivity contribution in [3.05, 3.63) is 0 Å². The maximum absolute atomic E-state index is 5.47. The third-order valence-electron chi connectivity index (χ3n) is 3.86. The normalized spacial score (nSPS) is 23.2. The van der Waals surface area contributed by atoms with Gasteiger partial charge in [0.25, 0.3) is 0 Å². The van der Waals surface area contributed by atoms with Gasteiger partial charge in [-0.25, -0.2) is 5.84 Å². The van der Waals surface area contributed by atoms with Gasteiger partial charge >= 0.3 is 0 Å². The molecule has 0 radical (unpaired) electrons. The summed E-state index contributed by atoms with van der Waals surface area (Å²) in [6.45, 7) is 0.907. The van der Waals surface area contributed by atoms with Crippen LogP contribution in [-0.4, -0.2) is 18.5 Å². The lowest BCUT2D eigenvalue weighted by Crippen LogP contribution is -2.45. The van der Waals surface area contributed by atoms with Crippen molar-refractivity contribution >= 4 is 5.96 Å². The summed E-state index contributed by atoms with van der Waals surface area (Å²) in [4.78, 5) is 4.50. The highest BCUT2D eigenvalue weighted by Crippen LogP contribution is 2.29. The van der Waals surface area contributed by atoms with Crippen LogP contribution in [0.15, 0.2) is 4.99 Å². The molecule has 0 aromatic heterocycles. The Balaban J connectivity index is 1.67. The van der Waals surface area contributed by atoms with Gasteiger partial charge in [-0.05, 0) is 25.2 Å². The summed E-state index contributed by atoms with van der Waals surface area (Å²) in [5.74, 6) is 7.18. The van der Waals surface area contributed by atoms with E-state index in [4.69, 9.17) is 5.84 Å². The summed E-state index contributed by atoms with van der Waals surface area (Å²) in [6, 6.07) is 0.582. The number of aliphatic imine (C=N–C) groups is 1. The zero-order valence-electron chi connectivity index (χ0n) is 10.0. The Labute approximate surface area is 98.0 Å². The summed E-state index contributed by atoms with van der Waals surface area (Å²) in [7, 11) is 0. The van der Waals surface area contributed by atoms with Crippen molar-refractivity contribution in [2.75, 3.05) is 6.54 Å². The number of nitrogens with zero attached hydrogens (tertiary/aromatic N) is 1. The number of hydrogen-bond acceptors (Lipinski definition) is 2. The molecule has 0 heterocycles. The average Bonchev–Trinajstić information content (AvgIpc) is 2.72. The summed E-state index contributed by atoms with van der Waals surface area (Å²) in [6.07, 6.45) is 10.6. The average molecular weight is 224 g/mol. The fraction of sp³-hybridized carbons (Fsp3) is 0.917. The summed E-state index contributed by atoms with van der Waals surface area (Å²) in [5, 5.41) is 3.39. The number of guanidine groups is 1. The number of nitrogens with one attached hydrogen (secondary N) is 2. The quantitative estimate of drug-likeness (QED) is 0.294. The molecule has 2 aliphatic carbocycles. The molecule has 2 fully saturated rings. The van der Waals surface area contributed by atoms with Crippen molar-refractivity contribution in [1.82, 2.24) is 10.7 Å². The van der Waals surface area contributed by atoms with Crippen LogP contribution in [0.3, 0.4) is 0 Å². The van der Waals surface area contributed by atoms with Gasteiger partial charge < -0.3 is 5.32 Å². The Morgan fingerprint density at radius 2 is 1.88 bits per heavy atom. The molecular formula is C12H24N4. The lowest BCUT2D eigenvalue weighted by Gasteiger charge is -2.24. The second-order valence-corrected chi connectivity index (χ2v) is 5.09. The number of hydrazine groups is 1. The van der Waals surface area contributed by atoms with E-state index >= 15 is 0 Å². The minimum Gasteiger partial charge on any atom is -0.353 e. The SMILES string of the molecule is NNC(=NCCC1CCC1)NC1CCCC1. The van der Waals surface area contributed by atoms with Crippen LogP contribution in [0.25, 0.3) is 0 Å². The Morgan fingerprint density at radius 1 is 1.12 bits per heavy atom. The molecule has 0 bridgehead atoms. The number of rotatable bonds is 4. The van der Waals surface area contributed by atoms with E-state index in [1.54, 1.807) is 0 Å².